The van der Waals surface area contributed by atoms with E-state index in [2.05, 4.69) is 30.4 Å². The van der Waals surface area contributed by atoms with Crippen LogP contribution in [0.25, 0.3) is 0 Å². The van der Waals surface area contributed by atoms with Crippen molar-refractivity contribution in [2.45, 2.75) is 58.5 Å². The van der Waals surface area contributed by atoms with E-state index in [-0.39, 0.29) is 11.8 Å². The van der Waals surface area contributed by atoms with Gasteiger partial charge in [-0.3, -0.25) is 14.5 Å². The third-order valence-electron chi connectivity index (χ3n) is 5.26. The van der Waals surface area contributed by atoms with Crippen molar-refractivity contribution in [2.24, 2.45) is 0 Å². The first kappa shape index (κ1) is 19.2. The van der Waals surface area contributed by atoms with Gasteiger partial charge in [-0.2, -0.15) is 0 Å². The zero-order chi connectivity index (χ0) is 19.2. The molecule has 0 bridgehead atoms. The summed E-state index contributed by atoms with van der Waals surface area (Å²) in [4.78, 5) is 27.4. The molecule has 0 saturated carbocycles. The molecule has 0 saturated heterocycles. The minimum atomic E-state index is -0.480. The molecule has 1 heterocycles. The summed E-state index contributed by atoms with van der Waals surface area (Å²) in [6.07, 6.45) is 3.77. The van der Waals surface area contributed by atoms with Gasteiger partial charge in [-0.15, -0.1) is 0 Å². The molecular formula is C23H28N2O2. The molecule has 27 heavy (non-hydrogen) atoms. The van der Waals surface area contributed by atoms with Crippen LogP contribution in [0.1, 0.15) is 49.8 Å². The van der Waals surface area contributed by atoms with Gasteiger partial charge >= 0.3 is 0 Å². The molecule has 0 aromatic heterocycles. The molecule has 1 aliphatic rings. The molecule has 4 nitrogen and oxygen atoms in total. The topological polar surface area (TPSA) is 49.4 Å². The molecule has 2 aromatic carbocycles. The highest BCUT2D eigenvalue weighted by Crippen LogP contribution is 2.29. The zero-order valence-electron chi connectivity index (χ0n) is 16.2. The molecule has 0 unspecified atom stereocenters. The lowest BCUT2D eigenvalue weighted by atomic mass is 10.1. The van der Waals surface area contributed by atoms with Gasteiger partial charge in [0.25, 0.3) is 0 Å². The number of benzene rings is 2. The maximum atomic E-state index is 12.9. The van der Waals surface area contributed by atoms with Crippen molar-refractivity contribution in [1.29, 1.82) is 0 Å². The third-order valence-corrected chi connectivity index (χ3v) is 5.26. The van der Waals surface area contributed by atoms with E-state index in [0.29, 0.717) is 19.4 Å². The molecule has 1 aliphatic heterocycles. The predicted octanol–water partition coefficient (Wildman–Crippen LogP) is 4.01. The maximum Gasteiger partial charge on any atom is 0.243 e. The Kier molecular flexibility index (Phi) is 6.28. The SMILES string of the molecule is CCc1ccc(CNC(=O)[C@H](CC)N2C(=O)CCCc3ccccc32)cc1. The van der Waals surface area contributed by atoms with Crippen LogP contribution in [0.3, 0.4) is 0 Å². The summed E-state index contributed by atoms with van der Waals surface area (Å²) in [5.74, 6) is -0.0589. The number of hydrogen-bond donors (Lipinski definition) is 1. The quantitative estimate of drug-likeness (QED) is 0.842. The van der Waals surface area contributed by atoms with Gasteiger partial charge < -0.3 is 5.32 Å². The van der Waals surface area contributed by atoms with Crippen LogP contribution in [0.4, 0.5) is 5.69 Å². The number of fused-ring (bicyclic) bond motifs is 1. The molecule has 0 spiro atoms. The number of nitrogens with one attached hydrogen (secondary N) is 1. The highest BCUT2D eigenvalue weighted by molar-refractivity contribution is 6.01. The lowest BCUT2D eigenvalue weighted by Gasteiger charge is -2.30. The minimum absolute atomic E-state index is 0.0363. The van der Waals surface area contributed by atoms with Crippen molar-refractivity contribution in [3.8, 4) is 0 Å². The Labute approximate surface area is 161 Å². The third kappa shape index (κ3) is 4.38. The zero-order valence-corrected chi connectivity index (χ0v) is 16.2. The van der Waals surface area contributed by atoms with Crippen molar-refractivity contribution in [3.05, 3.63) is 65.2 Å². The summed E-state index contributed by atoms with van der Waals surface area (Å²) in [5.41, 5.74) is 4.38. The van der Waals surface area contributed by atoms with Gasteiger partial charge in [0.1, 0.15) is 6.04 Å². The van der Waals surface area contributed by atoms with Crippen LogP contribution in [0.5, 0.6) is 0 Å². The first-order valence-electron chi connectivity index (χ1n) is 9.89. The second kappa shape index (κ2) is 8.85. The van der Waals surface area contributed by atoms with Crippen LogP contribution < -0.4 is 10.2 Å². The fourth-order valence-corrected chi connectivity index (χ4v) is 3.67. The standard InChI is InChI=1S/C23H28N2O2/c1-3-17-12-14-18(15-13-17)16-24-23(27)20(4-2)25-21-10-6-5-8-19(21)9-7-11-22(25)26/h5-6,8,10,12-15,20H,3-4,7,9,11,16H2,1-2H3,(H,24,27)/t20-/m0/s1. The molecule has 0 fully saturated rings. The molecule has 2 amide bonds. The number of anilines is 1. The Balaban J connectivity index is 1.76. The highest BCUT2D eigenvalue weighted by atomic mass is 16.2. The minimum Gasteiger partial charge on any atom is -0.350 e. The van der Waals surface area contributed by atoms with Crippen molar-refractivity contribution in [1.82, 2.24) is 5.32 Å². The molecule has 142 valence electrons. The molecule has 1 N–H and O–H groups in total. The van der Waals surface area contributed by atoms with Crippen LogP contribution in [-0.4, -0.2) is 17.9 Å². The summed E-state index contributed by atoms with van der Waals surface area (Å²) in [6.45, 7) is 4.56. The van der Waals surface area contributed by atoms with Gasteiger partial charge in [0, 0.05) is 18.7 Å². The molecule has 0 radical (unpaired) electrons. The fourth-order valence-electron chi connectivity index (χ4n) is 3.67. The summed E-state index contributed by atoms with van der Waals surface area (Å²) in [6, 6.07) is 15.7. The first-order valence-corrected chi connectivity index (χ1v) is 9.89. The number of hydrogen-bond acceptors (Lipinski definition) is 2. The van der Waals surface area contributed by atoms with Crippen LogP contribution in [0.2, 0.25) is 0 Å². The van der Waals surface area contributed by atoms with Crippen molar-refractivity contribution < 1.29 is 9.59 Å². The van der Waals surface area contributed by atoms with E-state index in [1.54, 1.807) is 4.90 Å². The second-order valence-corrected chi connectivity index (χ2v) is 7.06. The summed E-state index contributed by atoms with van der Waals surface area (Å²) < 4.78 is 0. The number of amides is 2. The van der Waals surface area contributed by atoms with Crippen molar-refractivity contribution >= 4 is 17.5 Å². The molecule has 4 heteroatoms. The van der Waals surface area contributed by atoms with E-state index >= 15 is 0 Å². The fraction of sp³-hybridized carbons (Fsp3) is 0.391. The maximum absolute atomic E-state index is 12.9. The average molecular weight is 364 g/mol. The normalized spacial score (nSPS) is 15.0. The van der Waals surface area contributed by atoms with Crippen LogP contribution in [0.15, 0.2) is 48.5 Å². The van der Waals surface area contributed by atoms with E-state index in [4.69, 9.17) is 0 Å². The molecule has 1 atom stereocenters. The van der Waals surface area contributed by atoms with Crippen molar-refractivity contribution in [2.75, 3.05) is 4.90 Å². The number of aryl methyl sites for hydroxylation is 2. The predicted molar refractivity (Wildman–Crippen MR) is 109 cm³/mol. The highest BCUT2D eigenvalue weighted by Gasteiger charge is 2.32. The lowest BCUT2D eigenvalue weighted by Crippen LogP contribution is -2.49. The molecular weight excluding hydrogens is 336 g/mol. The second-order valence-electron chi connectivity index (χ2n) is 7.06. The van der Waals surface area contributed by atoms with Gasteiger partial charge in [-0.05, 0) is 48.4 Å². The van der Waals surface area contributed by atoms with E-state index in [1.165, 1.54) is 5.56 Å². The molecule has 3 rings (SSSR count). The smallest absolute Gasteiger partial charge is 0.243 e. The van der Waals surface area contributed by atoms with E-state index in [1.807, 2.05) is 37.3 Å². The van der Waals surface area contributed by atoms with Gasteiger partial charge in [0.15, 0.2) is 0 Å². The van der Waals surface area contributed by atoms with Gasteiger partial charge in [-0.25, -0.2) is 0 Å². The Morgan fingerprint density at radius 1 is 1.04 bits per heavy atom. The molecule has 2 aromatic rings. The summed E-state index contributed by atoms with van der Waals surface area (Å²) >= 11 is 0. The molecule has 0 aliphatic carbocycles. The number of para-hydroxylation sites is 1. The largest absolute Gasteiger partial charge is 0.350 e. The van der Waals surface area contributed by atoms with Gasteiger partial charge in [0.2, 0.25) is 11.8 Å². The van der Waals surface area contributed by atoms with Crippen LogP contribution in [-0.2, 0) is 29.0 Å². The Morgan fingerprint density at radius 2 is 1.74 bits per heavy atom. The number of rotatable bonds is 6. The van der Waals surface area contributed by atoms with Gasteiger partial charge in [0.05, 0.1) is 0 Å². The number of carbonyl (C=O) groups excluding carboxylic acids is 2. The summed E-state index contributed by atoms with van der Waals surface area (Å²) in [5, 5.41) is 3.02. The van der Waals surface area contributed by atoms with Crippen LogP contribution >= 0.6 is 0 Å². The van der Waals surface area contributed by atoms with E-state index in [9.17, 15) is 9.59 Å². The average Bonchev–Trinajstić information content (AvgIpc) is 2.86. The van der Waals surface area contributed by atoms with Crippen LogP contribution in [0, 0.1) is 0 Å². The van der Waals surface area contributed by atoms with Gasteiger partial charge in [-0.1, -0.05) is 56.3 Å². The number of carbonyl (C=O) groups is 2. The Morgan fingerprint density at radius 3 is 2.44 bits per heavy atom. The number of nitrogens with zero attached hydrogens (tertiary/aromatic N) is 1. The lowest BCUT2D eigenvalue weighted by molar-refractivity contribution is -0.126. The monoisotopic (exact) mass is 364 g/mol. The Hall–Kier alpha value is -2.62. The van der Waals surface area contributed by atoms with E-state index < -0.39 is 6.04 Å². The Bertz CT molecular complexity index is 798. The van der Waals surface area contributed by atoms with E-state index in [0.717, 1.165) is 36.1 Å². The summed E-state index contributed by atoms with van der Waals surface area (Å²) in [7, 11) is 0. The first-order chi connectivity index (χ1) is 13.1. The van der Waals surface area contributed by atoms with Crippen molar-refractivity contribution in [3.63, 3.8) is 0 Å².